The standard InChI is InChI=1S/C20H19FN2O3/c1-25-17-8-7-11(21)9-14(17)19-18-13(10-16(23-19)20(24)26-2)12-5-3-4-6-15(12)22-18/h3-9,16,19,22-23H,10H2,1-2H3. The SMILES string of the molecule is COC(=O)C1Cc2c([nH]c3ccccc23)C(c2cc(F)ccc2OC)N1. The minimum absolute atomic E-state index is 0.346. The number of aromatic nitrogens is 1. The van der Waals surface area contributed by atoms with Crippen LogP contribution < -0.4 is 10.1 Å². The largest absolute Gasteiger partial charge is 0.496 e. The summed E-state index contributed by atoms with van der Waals surface area (Å²) in [6.07, 6.45) is 0.500. The second-order valence-electron chi connectivity index (χ2n) is 6.33. The molecule has 0 spiro atoms. The van der Waals surface area contributed by atoms with Crippen molar-refractivity contribution in [3.05, 3.63) is 65.1 Å². The molecule has 4 rings (SSSR count). The van der Waals surface area contributed by atoms with Gasteiger partial charge in [-0.1, -0.05) is 18.2 Å². The summed E-state index contributed by atoms with van der Waals surface area (Å²) in [5.74, 6) is -0.152. The second kappa shape index (κ2) is 6.46. The second-order valence-corrected chi connectivity index (χ2v) is 6.33. The van der Waals surface area contributed by atoms with Gasteiger partial charge in [-0.25, -0.2) is 4.39 Å². The van der Waals surface area contributed by atoms with Gasteiger partial charge in [0.05, 0.1) is 20.3 Å². The van der Waals surface area contributed by atoms with Gasteiger partial charge in [-0.05, 0) is 29.8 Å². The molecule has 1 aliphatic rings. The molecule has 1 aliphatic heterocycles. The lowest BCUT2D eigenvalue weighted by Gasteiger charge is -2.31. The zero-order valence-corrected chi connectivity index (χ0v) is 14.5. The number of para-hydroxylation sites is 1. The van der Waals surface area contributed by atoms with Crippen molar-refractivity contribution in [3.63, 3.8) is 0 Å². The van der Waals surface area contributed by atoms with Crippen LogP contribution in [0.3, 0.4) is 0 Å². The molecule has 2 N–H and O–H groups in total. The quantitative estimate of drug-likeness (QED) is 0.710. The number of hydrogen-bond acceptors (Lipinski definition) is 4. The molecule has 0 saturated heterocycles. The number of methoxy groups -OCH3 is 2. The molecule has 134 valence electrons. The van der Waals surface area contributed by atoms with Crippen molar-refractivity contribution < 1.29 is 18.7 Å². The van der Waals surface area contributed by atoms with Gasteiger partial charge in [0.1, 0.15) is 17.6 Å². The van der Waals surface area contributed by atoms with E-state index < -0.39 is 12.1 Å². The van der Waals surface area contributed by atoms with Crippen LogP contribution in [0, 0.1) is 5.82 Å². The lowest BCUT2D eigenvalue weighted by molar-refractivity contribution is -0.143. The lowest BCUT2D eigenvalue weighted by atomic mass is 9.90. The monoisotopic (exact) mass is 354 g/mol. The Morgan fingerprint density at radius 2 is 2.00 bits per heavy atom. The van der Waals surface area contributed by atoms with Crippen molar-refractivity contribution in [2.45, 2.75) is 18.5 Å². The molecule has 3 aromatic rings. The number of rotatable bonds is 3. The zero-order valence-electron chi connectivity index (χ0n) is 14.5. The highest BCUT2D eigenvalue weighted by Gasteiger charge is 2.35. The highest BCUT2D eigenvalue weighted by Crippen LogP contribution is 2.38. The van der Waals surface area contributed by atoms with E-state index in [0.29, 0.717) is 17.7 Å². The number of ether oxygens (including phenoxy) is 2. The first-order valence-electron chi connectivity index (χ1n) is 8.39. The molecular weight excluding hydrogens is 335 g/mol. The Hall–Kier alpha value is -2.86. The third-order valence-corrected chi connectivity index (χ3v) is 4.90. The van der Waals surface area contributed by atoms with Crippen LogP contribution in [-0.2, 0) is 16.0 Å². The third-order valence-electron chi connectivity index (χ3n) is 4.90. The summed E-state index contributed by atoms with van der Waals surface area (Å²) in [4.78, 5) is 15.7. The van der Waals surface area contributed by atoms with Gasteiger partial charge in [0, 0.05) is 28.6 Å². The highest BCUT2D eigenvalue weighted by molar-refractivity contribution is 5.87. The summed E-state index contributed by atoms with van der Waals surface area (Å²) >= 11 is 0. The Balaban J connectivity index is 1.92. The van der Waals surface area contributed by atoms with Crippen LogP contribution in [0.4, 0.5) is 4.39 Å². The van der Waals surface area contributed by atoms with Gasteiger partial charge in [-0.2, -0.15) is 0 Å². The van der Waals surface area contributed by atoms with E-state index in [4.69, 9.17) is 9.47 Å². The van der Waals surface area contributed by atoms with Crippen LogP contribution in [0.5, 0.6) is 5.75 Å². The van der Waals surface area contributed by atoms with Gasteiger partial charge < -0.3 is 14.5 Å². The average molecular weight is 354 g/mol. The fourth-order valence-electron chi connectivity index (χ4n) is 3.70. The number of carbonyl (C=O) groups excluding carboxylic acids is 1. The first-order chi connectivity index (χ1) is 12.6. The summed E-state index contributed by atoms with van der Waals surface area (Å²) < 4.78 is 24.3. The van der Waals surface area contributed by atoms with Gasteiger partial charge in [-0.3, -0.25) is 10.1 Å². The van der Waals surface area contributed by atoms with Crippen molar-refractivity contribution in [2.75, 3.05) is 14.2 Å². The van der Waals surface area contributed by atoms with Crippen LogP contribution in [0.15, 0.2) is 42.5 Å². The molecule has 0 saturated carbocycles. The van der Waals surface area contributed by atoms with Crippen LogP contribution >= 0.6 is 0 Å². The van der Waals surface area contributed by atoms with Crippen molar-refractivity contribution >= 4 is 16.9 Å². The summed E-state index contributed by atoms with van der Waals surface area (Å²) in [5.41, 5.74) is 3.56. The molecule has 0 radical (unpaired) electrons. The summed E-state index contributed by atoms with van der Waals surface area (Å²) in [7, 11) is 2.91. The topological polar surface area (TPSA) is 63.4 Å². The number of H-pyrrole nitrogens is 1. The molecule has 1 aromatic heterocycles. The minimum Gasteiger partial charge on any atom is -0.496 e. The molecule has 6 heteroatoms. The van der Waals surface area contributed by atoms with E-state index in [2.05, 4.69) is 10.3 Å². The lowest BCUT2D eigenvalue weighted by Crippen LogP contribution is -2.45. The molecule has 2 aromatic carbocycles. The molecule has 0 amide bonds. The fraction of sp³-hybridized carbons (Fsp3) is 0.250. The predicted octanol–water partition coefficient (Wildman–Crippen LogP) is 3.09. The smallest absolute Gasteiger partial charge is 0.323 e. The van der Waals surface area contributed by atoms with Gasteiger partial charge in [-0.15, -0.1) is 0 Å². The van der Waals surface area contributed by atoms with Gasteiger partial charge in [0.2, 0.25) is 0 Å². The maximum Gasteiger partial charge on any atom is 0.323 e. The number of hydrogen-bond donors (Lipinski definition) is 2. The van der Waals surface area contributed by atoms with Gasteiger partial charge in [0.25, 0.3) is 0 Å². The van der Waals surface area contributed by atoms with E-state index in [1.54, 1.807) is 13.2 Å². The highest BCUT2D eigenvalue weighted by atomic mass is 19.1. The molecule has 0 aliphatic carbocycles. The van der Waals surface area contributed by atoms with E-state index in [-0.39, 0.29) is 11.8 Å². The van der Waals surface area contributed by atoms with Crippen LogP contribution in [-0.4, -0.2) is 31.2 Å². The van der Waals surface area contributed by atoms with Crippen LogP contribution in [0.1, 0.15) is 22.9 Å². The van der Waals surface area contributed by atoms with Gasteiger partial charge >= 0.3 is 5.97 Å². The van der Waals surface area contributed by atoms with E-state index in [1.807, 2.05) is 24.3 Å². The van der Waals surface area contributed by atoms with Crippen LogP contribution in [0.25, 0.3) is 10.9 Å². The Bertz CT molecular complexity index is 982. The molecule has 26 heavy (non-hydrogen) atoms. The molecule has 0 bridgehead atoms. The Labute approximate surface area is 150 Å². The molecule has 0 fully saturated rings. The van der Waals surface area contributed by atoms with Crippen LogP contribution in [0.2, 0.25) is 0 Å². The molecule has 2 heterocycles. The number of halogens is 1. The molecular formula is C20H19FN2O3. The minimum atomic E-state index is -0.523. The van der Waals surface area contributed by atoms with Crippen molar-refractivity contribution in [2.24, 2.45) is 0 Å². The maximum absolute atomic E-state index is 14.0. The third kappa shape index (κ3) is 2.63. The Morgan fingerprint density at radius 1 is 1.19 bits per heavy atom. The zero-order chi connectivity index (χ0) is 18.3. The Morgan fingerprint density at radius 3 is 2.77 bits per heavy atom. The average Bonchev–Trinajstić information content (AvgIpc) is 3.05. The number of benzene rings is 2. The van der Waals surface area contributed by atoms with E-state index in [0.717, 1.165) is 22.2 Å². The maximum atomic E-state index is 14.0. The van der Waals surface area contributed by atoms with Crippen molar-refractivity contribution in [1.82, 2.24) is 10.3 Å². The molecule has 2 unspecified atom stereocenters. The van der Waals surface area contributed by atoms with Gasteiger partial charge in [0.15, 0.2) is 0 Å². The van der Waals surface area contributed by atoms with E-state index >= 15 is 0 Å². The first-order valence-corrected chi connectivity index (χ1v) is 8.39. The summed E-state index contributed by atoms with van der Waals surface area (Å²) in [6, 6.07) is 11.4. The van der Waals surface area contributed by atoms with Crippen molar-refractivity contribution in [1.29, 1.82) is 0 Å². The molecule has 5 nitrogen and oxygen atoms in total. The number of carbonyl (C=O) groups is 1. The number of aromatic amines is 1. The normalized spacial score (nSPS) is 19.2. The first kappa shape index (κ1) is 16.6. The number of fused-ring (bicyclic) bond motifs is 3. The van der Waals surface area contributed by atoms with E-state index in [1.165, 1.54) is 19.2 Å². The predicted molar refractivity (Wildman–Crippen MR) is 95.7 cm³/mol. The van der Waals surface area contributed by atoms with Crippen molar-refractivity contribution in [3.8, 4) is 5.75 Å². The summed E-state index contributed by atoms with van der Waals surface area (Å²) in [5, 5.41) is 4.34. The number of esters is 1. The Kier molecular flexibility index (Phi) is 4.12. The molecule has 2 atom stereocenters. The fourth-order valence-corrected chi connectivity index (χ4v) is 3.70. The summed E-state index contributed by atoms with van der Waals surface area (Å²) in [6.45, 7) is 0. The van der Waals surface area contributed by atoms with E-state index in [9.17, 15) is 9.18 Å². The number of nitrogens with one attached hydrogen (secondary N) is 2.